The Morgan fingerprint density at radius 2 is 2.00 bits per heavy atom. The third kappa shape index (κ3) is 3.45. The van der Waals surface area contributed by atoms with Crippen LogP contribution in [0.25, 0.3) is 5.69 Å². The van der Waals surface area contributed by atoms with E-state index in [2.05, 4.69) is 22.4 Å². The molecule has 2 aliphatic carbocycles. The van der Waals surface area contributed by atoms with Crippen LogP contribution in [0.2, 0.25) is 0 Å². The molecule has 1 aromatic carbocycles. The molecule has 0 saturated heterocycles. The number of aromatic nitrogens is 2. The van der Waals surface area contributed by atoms with E-state index in [1.165, 1.54) is 17.5 Å². The number of aryl methyl sites for hydroxylation is 1. The van der Waals surface area contributed by atoms with Gasteiger partial charge in [-0.1, -0.05) is 6.07 Å². The van der Waals surface area contributed by atoms with E-state index in [-0.39, 0.29) is 11.5 Å². The van der Waals surface area contributed by atoms with Crippen molar-refractivity contribution in [3.05, 3.63) is 52.1 Å². The third-order valence-corrected chi connectivity index (χ3v) is 5.47. The molecule has 2 aliphatic rings. The van der Waals surface area contributed by atoms with Gasteiger partial charge in [0.25, 0.3) is 0 Å². The number of fused-ring (bicyclic) bond motifs is 1. The minimum absolute atomic E-state index is 0.250. The molecule has 5 N–H and O–H groups in total. The second-order valence-corrected chi connectivity index (χ2v) is 7.33. The topological polar surface area (TPSA) is 99.0 Å². The van der Waals surface area contributed by atoms with Crippen molar-refractivity contribution in [3.63, 3.8) is 0 Å². The first-order valence-electron chi connectivity index (χ1n) is 9.07. The van der Waals surface area contributed by atoms with Crippen molar-refractivity contribution >= 4 is 5.82 Å². The minimum atomic E-state index is -0.340. The molecule has 0 aliphatic heterocycles. The van der Waals surface area contributed by atoms with Gasteiger partial charge in [0.1, 0.15) is 5.82 Å². The maximum atomic E-state index is 12.0. The fraction of sp³-hybridized carbons (Fsp3) is 0.474. The van der Waals surface area contributed by atoms with Gasteiger partial charge in [0.15, 0.2) is 0 Å². The number of nitrogens with zero attached hydrogens (tertiary/aromatic N) is 2. The Kier molecular flexibility index (Phi) is 4.31. The molecule has 6 nitrogen and oxygen atoms in total. The Balaban J connectivity index is 1.50. The van der Waals surface area contributed by atoms with E-state index < -0.39 is 0 Å². The summed E-state index contributed by atoms with van der Waals surface area (Å²) in [5, 5.41) is 3.79. The van der Waals surface area contributed by atoms with E-state index in [4.69, 9.17) is 11.5 Å². The molecule has 0 amide bonds. The average Bonchev–Trinajstić information content (AvgIpc) is 2.99. The SMILES string of the molecule is Nc1ccn(-c2ccc3c(c2)CCC(N[C@H]2CC[C@@H](N)C2)C3)c(=O)n1. The normalized spacial score (nSPS) is 25.7. The van der Waals surface area contributed by atoms with Crippen LogP contribution in [0.1, 0.15) is 36.8 Å². The van der Waals surface area contributed by atoms with Crippen molar-refractivity contribution in [2.45, 2.75) is 56.7 Å². The highest BCUT2D eigenvalue weighted by Crippen LogP contribution is 2.26. The molecule has 1 heterocycles. The molecule has 25 heavy (non-hydrogen) atoms. The van der Waals surface area contributed by atoms with E-state index in [1.54, 1.807) is 16.8 Å². The fourth-order valence-corrected chi connectivity index (χ4v) is 4.15. The van der Waals surface area contributed by atoms with E-state index in [0.29, 0.717) is 18.1 Å². The zero-order valence-corrected chi connectivity index (χ0v) is 14.3. The number of hydrogen-bond acceptors (Lipinski definition) is 5. The van der Waals surface area contributed by atoms with Crippen LogP contribution in [-0.4, -0.2) is 27.7 Å². The lowest BCUT2D eigenvalue weighted by Gasteiger charge is -2.28. The monoisotopic (exact) mass is 339 g/mol. The Morgan fingerprint density at radius 3 is 2.76 bits per heavy atom. The molecule has 4 rings (SSSR count). The Labute approximate surface area is 147 Å². The molecule has 0 radical (unpaired) electrons. The fourth-order valence-electron chi connectivity index (χ4n) is 4.15. The van der Waals surface area contributed by atoms with Gasteiger partial charge in [0.05, 0.1) is 5.69 Å². The number of anilines is 1. The molecule has 2 aromatic rings. The molecule has 132 valence electrons. The summed E-state index contributed by atoms with van der Waals surface area (Å²) in [5.41, 5.74) is 14.8. The molecular formula is C19H25N5O. The van der Waals surface area contributed by atoms with Crippen LogP contribution in [-0.2, 0) is 12.8 Å². The zero-order chi connectivity index (χ0) is 17.4. The lowest BCUT2D eigenvalue weighted by atomic mass is 9.87. The maximum Gasteiger partial charge on any atom is 0.354 e. The summed E-state index contributed by atoms with van der Waals surface area (Å²) in [7, 11) is 0. The number of hydrogen-bond donors (Lipinski definition) is 3. The van der Waals surface area contributed by atoms with E-state index in [1.807, 2.05) is 6.07 Å². The second-order valence-electron chi connectivity index (χ2n) is 7.33. The standard InChI is InChI=1S/C19H25N5O/c20-14-3-5-16(11-14)22-15-4-1-13-10-17(6-2-12(13)9-15)24-8-7-18(21)23-19(24)25/h2,6-8,10,14-16,22H,1,3-5,9,11,20H2,(H2,21,23,25)/t14-,15?,16+/m1/s1. The number of rotatable bonds is 3. The van der Waals surface area contributed by atoms with Crippen LogP contribution >= 0.6 is 0 Å². The summed E-state index contributed by atoms with van der Waals surface area (Å²) < 4.78 is 1.54. The molecule has 6 heteroatoms. The van der Waals surface area contributed by atoms with E-state index in [0.717, 1.165) is 37.8 Å². The van der Waals surface area contributed by atoms with Crippen LogP contribution in [0.15, 0.2) is 35.3 Å². The lowest BCUT2D eigenvalue weighted by molar-refractivity contribution is 0.393. The van der Waals surface area contributed by atoms with E-state index >= 15 is 0 Å². The lowest BCUT2D eigenvalue weighted by Crippen LogP contribution is -2.41. The maximum absolute atomic E-state index is 12.0. The van der Waals surface area contributed by atoms with Gasteiger partial charge in [-0.15, -0.1) is 0 Å². The molecule has 1 aromatic heterocycles. The van der Waals surface area contributed by atoms with Crippen LogP contribution in [0.5, 0.6) is 0 Å². The van der Waals surface area contributed by atoms with Crippen LogP contribution in [0.3, 0.4) is 0 Å². The van der Waals surface area contributed by atoms with Crippen molar-refractivity contribution in [2.24, 2.45) is 5.73 Å². The number of nitrogens with one attached hydrogen (secondary N) is 1. The molecule has 1 fully saturated rings. The molecule has 1 saturated carbocycles. The van der Waals surface area contributed by atoms with Crippen LogP contribution < -0.4 is 22.5 Å². The summed E-state index contributed by atoms with van der Waals surface area (Å²) in [6.45, 7) is 0. The summed E-state index contributed by atoms with van der Waals surface area (Å²) in [4.78, 5) is 15.8. The summed E-state index contributed by atoms with van der Waals surface area (Å²) in [6, 6.07) is 9.34. The van der Waals surface area contributed by atoms with Gasteiger partial charge in [-0.05, 0) is 67.9 Å². The van der Waals surface area contributed by atoms with Gasteiger partial charge in [-0.2, -0.15) is 4.98 Å². The second kappa shape index (κ2) is 6.61. The minimum Gasteiger partial charge on any atom is -0.383 e. The van der Waals surface area contributed by atoms with Crippen molar-refractivity contribution in [1.82, 2.24) is 14.9 Å². The van der Waals surface area contributed by atoms with Crippen molar-refractivity contribution in [1.29, 1.82) is 0 Å². The van der Waals surface area contributed by atoms with E-state index in [9.17, 15) is 4.79 Å². The Morgan fingerprint density at radius 1 is 1.12 bits per heavy atom. The highest BCUT2D eigenvalue weighted by Gasteiger charge is 2.26. The number of nitrogen functional groups attached to an aromatic ring is 1. The average molecular weight is 339 g/mol. The van der Waals surface area contributed by atoms with Gasteiger partial charge in [0.2, 0.25) is 0 Å². The predicted molar refractivity (Wildman–Crippen MR) is 98.8 cm³/mol. The summed E-state index contributed by atoms with van der Waals surface area (Å²) >= 11 is 0. The molecule has 0 bridgehead atoms. The van der Waals surface area contributed by atoms with Crippen molar-refractivity contribution in [3.8, 4) is 5.69 Å². The highest BCUT2D eigenvalue weighted by atomic mass is 16.1. The third-order valence-electron chi connectivity index (χ3n) is 5.47. The first kappa shape index (κ1) is 16.3. The van der Waals surface area contributed by atoms with Gasteiger partial charge in [-0.25, -0.2) is 4.79 Å². The Bertz CT molecular complexity index is 831. The smallest absolute Gasteiger partial charge is 0.354 e. The first-order chi connectivity index (χ1) is 12.1. The van der Waals surface area contributed by atoms with Gasteiger partial charge in [0, 0.05) is 24.3 Å². The Hall–Kier alpha value is -2.18. The molecular weight excluding hydrogens is 314 g/mol. The van der Waals surface area contributed by atoms with Crippen molar-refractivity contribution in [2.75, 3.05) is 5.73 Å². The molecule has 1 unspecified atom stereocenters. The first-order valence-corrected chi connectivity index (χ1v) is 9.07. The van der Waals surface area contributed by atoms with Crippen LogP contribution in [0, 0.1) is 0 Å². The molecule has 3 atom stereocenters. The summed E-state index contributed by atoms with van der Waals surface area (Å²) in [6.07, 6.45) is 8.29. The van der Waals surface area contributed by atoms with Crippen molar-refractivity contribution < 1.29 is 0 Å². The highest BCUT2D eigenvalue weighted by molar-refractivity contribution is 5.43. The largest absolute Gasteiger partial charge is 0.383 e. The quantitative estimate of drug-likeness (QED) is 0.779. The van der Waals surface area contributed by atoms with Gasteiger partial charge >= 0.3 is 5.69 Å². The predicted octanol–water partition coefficient (Wildman–Crippen LogP) is 1.14. The number of benzene rings is 1. The van der Waals surface area contributed by atoms with Gasteiger partial charge < -0.3 is 16.8 Å². The van der Waals surface area contributed by atoms with Gasteiger partial charge in [-0.3, -0.25) is 4.57 Å². The summed E-state index contributed by atoms with van der Waals surface area (Å²) in [5.74, 6) is 0.250. The molecule has 0 spiro atoms. The zero-order valence-electron chi connectivity index (χ0n) is 14.3. The number of nitrogens with two attached hydrogens (primary N) is 2. The van der Waals surface area contributed by atoms with Crippen LogP contribution in [0.4, 0.5) is 5.82 Å².